The van der Waals surface area contributed by atoms with Crippen molar-refractivity contribution in [1.82, 2.24) is 4.98 Å². The number of halogens is 1. The van der Waals surface area contributed by atoms with Crippen molar-refractivity contribution >= 4 is 18.9 Å². The molecule has 1 heterocycles. The molecule has 0 fully saturated rings. The van der Waals surface area contributed by atoms with Crippen molar-refractivity contribution in [3.63, 3.8) is 0 Å². The number of hydrogen-bond donors (Lipinski definition) is 2. The van der Waals surface area contributed by atoms with Crippen LogP contribution < -0.4 is 4.65 Å². The van der Waals surface area contributed by atoms with Crippen LogP contribution in [0, 0.1) is 6.92 Å². The second kappa shape index (κ2) is 3.75. The Morgan fingerprint density at radius 1 is 1.50 bits per heavy atom. The predicted octanol–water partition coefficient (Wildman–Crippen LogP) is 0.392. The molecule has 1 aromatic heterocycles. The lowest BCUT2D eigenvalue weighted by molar-refractivity contribution is 0.288. The maximum absolute atomic E-state index is 8.46. The van der Waals surface area contributed by atoms with Crippen LogP contribution in [0.15, 0.2) is 12.1 Å². The maximum Gasteiger partial charge on any atom is 0.707 e. The molecule has 0 unspecified atom stereocenters. The summed E-state index contributed by atoms with van der Waals surface area (Å²) < 4.78 is 4.56. The summed E-state index contributed by atoms with van der Waals surface area (Å²) in [5.74, 6) is 0.280. The number of aromatic nitrogens is 1. The van der Waals surface area contributed by atoms with Gasteiger partial charge in [-0.1, -0.05) is 11.6 Å². The molecular weight excluding hydrogens is 180 g/mol. The molecule has 0 amide bonds. The van der Waals surface area contributed by atoms with Crippen LogP contribution >= 0.6 is 11.6 Å². The summed E-state index contributed by atoms with van der Waals surface area (Å²) in [5, 5.41) is 17.2. The molecule has 0 bridgehead atoms. The highest BCUT2D eigenvalue weighted by Crippen LogP contribution is 2.17. The zero-order valence-corrected chi connectivity index (χ0v) is 7.12. The van der Waals surface area contributed by atoms with E-state index in [4.69, 9.17) is 21.6 Å². The first-order valence-electron chi connectivity index (χ1n) is 3.25. The lowest BCUT2D eigenvalue weighted by atomic mass is 10.2. The molecule has 0 aliphatic heterocycles. The Morgan fingerprint density at radius 3 is 2.67 bits per heavy atom. The van der Waals surface area contributed by atoms with Gasteiger partial charge in [0.1, 0.15) is 10.9 Å². The average molecular weight is 187 g/mol. The van der Waals surface area contributed by atoms with Crippen LogP contribution in [-0.4, -0.2) is 22.4 Å². The standard InChI is InChI=1S/C6H7BClNO3/c1-4-2-5(12-7(10)11)3-6(8)9-4/h2-3,10-11H,1H3. The molecule has 64 valence electrons. The van der Waals surface area contributed by atoms with E-state index in [0.717, 1.165) is 0 Å². The van der Waals surface area contributed by atoms with Gasteiger partial charge in [-0.15, -0.1) is 0 Å². The van der Waals surface area contributed by atoms with Crippen molar-refractivity contribution in [2.24, 2.45) is 0 Å². The topological polar surface area (TPSA) is 62.6 Å². The number of rotatable bonds is 2. The van der Waals surface area contributed by atoms with Crippen molar-refractivity contribution in [2.75, 3.05) is 0 Å². The Morgan fingerprint density at radius 2 is 2.17 bits per heavy atom. The molecule has 0 saturated heterocycles. The van der Waals surface area contributed by atoms with Crippen molar-refractivity contribution in [3.8, 4) is 5.75 Å². The van der Waals surface area contributed by atoms with Crippen LogP contribution in [0.5, 0.6) is 5.75 Å². The van der Waals surface area contributed by atoms with Crippen molar-refractivity contribution in [2.45, 2.75) is 6.92 Å². The van der Waals surface area contributed by atoms with Crippen LogP contribution in [-0.2, 0) is 0 Å². The molecule has 0 aliphatic carbocycles. The van der Waals surface area contributed by atoms with E-state index in [2.05, 4.69) is 9.64 Å². The van der Waals surface area contributed by atoms with Gasteiger partial charge in [-0.3, -0.25) is 0 Å². The van der Waals surface area contributed by atoms with Crippen molar-refractivity contribution in [3.05, 3.63) is 23.0 Å². The molecule has 0 radical (unpaired) electrons. The van der Waals surface area contributed by atoms with E-state index in [1.165, 1.54) is 6.07 Å². The van der Waals surface area contributed by atoms with Crippen LogP contribution in [0.2, 0.25) is 5.15 Å². The normalized spacial score (nSPS) is 9.67. The largest absolute Gasteiger partial charge is 0.707 e. The SMILES string of the molecule is Cc1cc(OB(O)O)cc(Cl)n1. The minimum atomic E-state index is -1.83. The molecule has 0 atom stereocenters. The van der Waals surface area contributed by atoms with E-state index >= 15 is 0 Å². The Kier molecular flexibility index (Phi) is 2.91. The van der Waals surface area contributed by atoms with E-state index in [1.807, 2.05) is 0 Å². The lowest BCUT2D eigenvalue weighted by Crippen LogP contribution is -2.20. The first-order valence-corrected chi connectivity index (χ1v) is 3.63. The minimum Gasteiger partial charge on any atom is -0.512 e. The van der Waals surface area contributed by atoms with Gasteiger partial charge in [-0.25, -0.2) is 4.98 Å². The molecule has 12 heavy (non-hydrogen) atoms. The van der Waals surface area contributed by atoms with Gasteiger partial charge < -0.3 is 14.7 Å². The second-order valence-corrected chi connectivity index (χ2v) is 2.60. The van der Waals surface area contributed by atoms with Gasteiger partial charge in [0.15, 0.2) is 0 Å². The van der Waals surface area contributed by atoms with Gasteiger partial charge in [0, 0.05) is 11.8 Å². The quantitative estimate of drug-likeness (QED) is 0.519. The molecule has 2 N–H and O–H groups in total. The Bertz CT molecular complexity index is 261. The van der Waals surface area contributed by atoms with Crippen LogP contribution in [0.25, 0.3) is 0 Å². The summed E-state index contributed by atoms with van der Waals surface area (Å²) in [6.45, 7) is 1.72. The number of pyridine rings is 1. The summed E-state index contributed by atoms with van der Waals surface area (Å²) >= 11 is 5.58. The third-order valence-corrected chi connectivity index (χ3v) is 1.33. The van der Waals surface area contributed by atoms with Crippen LogP contribution in [0.1, 0.15) is 5.69 Å². The van der Waals surface area contributed by atoms with Crippen molar-refractivity contribution < 1.29 is 14.7 Å². The molecule has 0 aliphatic rings. The zero-order valence-electron chi connectivity index (χ0n) is 6.36. The van der Waals surface area contributed by atoms with Crippen LogP contribution in [0.3, 0.4) is 0 Å². The molecular formula is C6H7BClNO3. The third kappa shape index (κ3) is 2.69. The van der Waals surface area contributed by atoms with Crippen molar-refractivity contribution in [1.29, 1.82) is 0 Å². The van der Waals surface area contributed by atoms with E-state index < -0.39 is 7.32 Å². The van der Waals surface area contributed by atoms with Gasteiger partial charge in [0.25, 0.3) is 0 Å². The summed E-state index contributed by atoms with van der Waals surface area (Å²) in [6.07, 6.45) is 0. The van der Waals surface area contributed by atoms with E-state index in [1.54, 1.807) is 13.0 Å². The first kappa shape index (κ1) is 9.31. The number of nitrogens with zero attached hydrogens (tertiary/aromatic N) is 1. The highest BCUT2D eigenvalue weighted by atomic mass is 35.5. The number of aryl methyl sites for hydroxylation is 1. The fraction of sp³-hybridized carbons (Fsp3) is 0.167. The zero-order chi connectivity index (χ0) is 9.14. The van der Waals surface area contributed by atoms with Gasteiger partial charge >= 0.3 is 7.32 Å². The fourth-order valence-electron chi connectivity index (χ4n) is 0.788. The van der Waals surface area contributed by atoms with E-state index in [-0.39, 0.29) is 10.9 Å². The highest BCUT2D eigenvalue weighted by Gasteiger charge is 2.11. The molecule has 0 saturated carbocycles. The Hall–Kier alpha value is -0.775. The second-order valence-electron chi connectivity index (χ2n) is 2.21. The molecule has 1 rings (SSSR count). The fourth-order valence-corrected chi connectivity index (χ4v) is 1.03. The minimum absolute atomic E-state index is 0.255. The molecule has 6 heteroatoms. The molecule has 0 spiro atoms. The van der Waals surface area contributed by atoms with Crippen LogP contribution in [0.4, 0.5) is 0 Å². The Balaban J connectivity index is 2.85. The average Bonchev–Trinajstić information content (AvgIpc) is 1.81. The monoisotopic (exact) mass is 187 g/mol. The maximum atomic E-state index is 8.46. The third-order valence-electron chi connectivity index (χ3n) is 1.14. The lowest BCUT2D eigenvalue weighted by Gasteiger charge is -2.04. The van der Waals surface area contributed by atoms with Gasteiger partial charge in [-0.2, -0.15) is 0 Å². The highest BCUT2D eigenvalue weighted by molar-refractivity contribution is 6.34. The molecule has 4 nitrogen and oxygen atoms in total. The Labute approximate surface area is 74.9 Å². The predicted molar refractivity (Wildman–Crippen MR) is 44.8 cm³/mol. The first-order chi connectivity index (χ1) is 5.58. The van der Waals surface area contributed by atoms with Gasteiger partial charge in [0.2, 0.25) is 0 Å². The van der Waals surface area contributed by atoms with E-state index in [9.17, 15) is 0 Å². The molecule has 0 aromatic carbocycles. The summed E-state index contributed by atoms with van der Waals surface area (Å²) in [7, 11) is -1.83. The van der Waals surface area contributed by atoms with E-state index in [0.29, 0.717) is 5.69 Å². The molecule has 1 aromatic rings. The summed E-state index contributed by atoms with van der Waals surface area (Å²) in [4.78, 5) is 3.86. The van der Waals surface area contributed by atoms with Gasteiger partial charge in [-0.05, 0) is 13.0 Å². The summed E-state index contributed by atoms with van der Waals surface area (Å²) in [6, 6.07) is 2.94. The number of hydrogen-bond acceptors (Lipinski definition) is 4. The van der Waals surface area contributed by atoms with Gasteiger partial charge in [0.05, 0.1) is 0 Å². The summed E-state index contributed by atoms with van der Waals surface area (Å²) in [5.41, 5.74) is 0.651. The smallest absolute Gasteiger partial charge is 0.512 e.